The fourth-order valence-electron chi connectivity index (χ4n) is 0.896. The largest absolute Gasteiger partial charge is 0.473 e. The molecular weight excluding hydrogens is 227 g/mol. The Bertz CT molecular complexity index is 294. The van der Waals surface area contributed by atoms with Crippen LogP contribution in [0.1, 0.15) is 10.4 Å². The molecule has 1 unspecified atom stereocenters. The minimum Gasteiger partial charge on any atom is -0.473 e. The van der Waals surface area contributed by atoms with E-state index in [4.69, 9.17) is 16.2 Å². The molecule has 0 bridgehead atoms. The molecule has 0 amide bonds. The van der Waals surface area contributed by atoms with E-state index < -0.39 is 6.23 Å². The van der Waals surface area contributed by atoms with Crippen LogP contribution >= 0.6 is 0 Å². The summed E-state index contributed by atoms with van der Waals surface area (Å²) in [4.78, 5) is 10.5. The second kappa shape index (κ2) is 6.55. The number of benzene rings is 1. The molecule has 5 heteroatoms. The van der Waals surface area contributed by atoms with Gasteiger partial charge in [0.05, 0.1) is 5.56 Å². The van der Waals surface area contributed by atoms with Crippen molar-refractivity contribution in [2.45, 2.75) is 6.23 Å². The first-order valence-electron chi connectivity index (χ1n) is 3.94. The molecule has 0 saturated heterocycles. The Morgan fingerprint density at radius 1 is 1.43 bits per heavy atom. The average molecular weight is 239 g/mol. The molecule has 1 aromatic rings. The van der Waals surface area contributed by atoms with Gasteiger partial charge in [0.2, 0.25) is 0 Å². The fourth-order valence-corrected chi connectivity index (χ4v) is 0.896. The van der Waals surface area contributed by atoms with Gasteiger partial charge in [-0.15, -0.1) is 0 Å². The van der Waals surface area contributed by atoms with Gasteiger partial charge in [0.25, 0.3) is 0 Å². The van der Waals surface area contributed by atoms with Crippen molar-refractivity contribution in [3.05, 3.63) is 29.8 Å². The molecule has 14 heavy (non-hydrogen) atoms. The van der Waals surface area contributed by atoms with Crippen molar-refractivity contribution < 1.29 is 26.3 Å². The number of hydrogen-bond acceptors (Lipinski definition) is 4. The first-order valence-corrected chi connectivity index (χ1v) is 3.94. The van der Waals surface area contributed by atoms with E-state index in [1.54, 1.807) is 24.3 Å². The molecule has 0 heterocycles. The van der Waals surface area contributed by atoms with Gasteiger partial charge in [0.1, 0.15) is 5.75 Å². The van der Waals surface area contributed by atoms with E-state index in [1.807, 2.05) is 0 Å². The second-order valence-electron chi connectivity index (χ2n) is 2.55. The average Bonchev–Trinajstić information content (AvgIpc) is 2.18. The Hall–Kier alpha value is -0.884. The van der Waals surface area contributed by atoms with E-state index in [-0.39, 0.29) is 23.3 Å². The minimum absolute atomic E-state index is 0. The van der Waals surface area contributed by atoms with Crippen LogP contribution in [0, 0.1) is 0 Å². The number of carbonyl (C=O) groups is 1. The topological polar surface area (TPSA) is 78.3 Å². The summed E-state index contributed by atoms with van der Waals surface area (Å²) in [6.07, 6.45) is 0.152. The number of hydrogen-bond donors (Lipinski definition) is 2. The van der Waals surface area contributed by atoms with Crippen LogP contribution in [0.3, 0.4) is 0 Å². The van der Waals surface area contributed by atoms with Crippen molar-refractivity contribution in [3.8, 4) is 5.75 Å². The molecule has 1 rings (SSSR count). The first kappa shape index (κ1) is 13.1. The van der Waals surface area contributed by atoms with Gasteiger partial charge in [0, 0.05) is 23.3 Å². The van der Waals surface area contributed by atoms with Gasteiger partial charge in [-0.25, -0.2) is 0 Å². The van der Waals surface area contributed by atoms with Crippen molar-refractivity contribution >= 4 is 6.29 Å². The van der Waals surface area contributed by atoms with Crippen molar-refractivity contribution in [1.82, 2.24) is 0 Å². The zero-order valence-electron chi connectivity index (χ0n) is 7.48. The van der Waals surface area contributed by atoms with Crippen LogP contribution in [0.2, 0.25) is 0 Å². The molecule has 1 radical (unpaired) electrons. The summed E-state index contributed by atoms with van der Waals surface area (Å²) in [5, 5.41) is 0. The van der Waals surface area contributed by atoms with Crippen LogP contribution in [-0.4, -0.2) is 19.1 Å². The van der Waals surface area contributed by atoms with Gasteiger partial charge >= 0.3 is 0 Å². The third-order valence-electron chi connectivity index (χ3n) is 1.56. The molecule has 1 atom stereocenters. The Labute approximate surface area is 92.8 Å². The SMILES string of the molecule is NCC(N)Oc1ccccc1C=O.[Co]. The maximum Gasteiger partial charge on any atom is 0.160 e. The van der Waals surface area contributed by atoms with Gasteiger partial charge in [-0.3, -0.25) is 10.5 Å². The van der Waals surface area contributed by atoms with Gasteiger partial charge in [-0.05, 0) is 12.1 Å². The van der Waals surface area contributed by atoms with Crippen LogP contribution in [-0.2, 0) is 16.8 Å². The summed E-state index contributed by atoms with van der Waals surface area (Å²) < 4.78 is 5.21. The number of ether oxygens (including phenoxy) is 1. The number of para-hydroxylation sites is 1. The summed E-state index contributed by atoms with van der Waals surface area (Å²) in [6, 6.07) is 6.86. The summed E-state index contributed by atoms with van der Waals surface area (Å²) in [5.41, 5.74) is 11.2. The van der Waals surface area contributed by atoms with E-state index in [0.29, 0.717) is 11.3 Å². The van der Waals surface area contributed by atoms with E-state index in [0.717, 1.165) is 6.29 Å². The number of nitrogens with two attached hydrogens (primary N) is 2. The summed E-state index contributed by atoms with van der Waals surface area (Å²) in [6.45, 7) is 0.215. The number of carbonyl (C=O) groups excluding carboxylic acids is 1. The van der Waals surface area contributed by atoms with E-state index in [2.05, 4.69) is 0 Å². The zero-order valence-corrected chi connectivity index (χ0v) is 8.52. The minimum atomic E-state index is -0.568. The van der Waals surface area contributed by atoms with Crippen LogP contribution in [0.25, 0.3) is 0 Å². The fraction of sp³-hybridized carbons (Fsp3) is 0.222. The van der Waals surface area contributed by atoms with Crippen LogP contribution in [0.4, 0.5) is 0 Å². The molecular formula is C9H12CoN2O2. The predicted octanol–water partition coefficient (Wildman–Crippen LogP) is 0.119. The summed E-state index contributed by atoms with van der Waals surface area (Å²) in [7, 11) is 0. The predicted molar refractivity (Wildman–Crippen MR) is 49.5 cm³/mol. The molecule has 0 saturated carbocycles. The van der Waals surface area contributed by atoms with E-state index >= 15 is 0 Å². The van der Waals surface area contributed by atoms with Crippen molar-refractivity contribution in [2.24, 2.45) is 11.5 Å². The van der Waals surface area contributed by atoms with Crippen LogP contribution in [0.5, 0.6) is 5.75 Å². The van der Waals surface area contributed by atoms with Crippen molar-refractivity contribution in [1.29, 1.82) is 0 Å². The Kier molecular flexibility index (Phi) is 6.14. The Morgan fingerprint density at radius 3 is 2.64 bits per heavy atom. The molecule has 0 aliphatic rings. The molecule has 4 nitrogen and oxygen atoms in total. The maximum absolute atomic E-state index is 10.5. The molecule has 0 aliphatic heterocycles. The van der Waals surface area contributed by atoms with Crippen molar-refractivity contribution in [2.75, 3.05) is 6.54 Å². The number of rotatable bonds is 4. The van der Waals surface area contributed by atoms with Gasteiger partial charge in [0.15, 0.2) is 12.5 Å². The third kappa shape index (κ3) is 3.47. The standard InChI is InChI=1S/C9H12N2O2.Co/c10-5-9(11)13-8-4-2-1-3-7(8)6-12;/h1-4,6,9H,5,10-11H2;. The second-order valence-corrected chi connectivity index (χ2v) is 2.55. The quantitative estimate of drug-likeness (QED) is 0.577. The molecule has 4 N–H and O–H groups in total. The van der Waals surface area contributed by atoms with E-state index in [9.17, 15) is 4.79 Å². The molecule has 0 aliphatic carbocycles. The van der Waals surface area contributed by atoms with Crippen LogP contribution in [0.15, 0.2) is 24.3 Å². The van der Waals surface area contributed by atoms with E-state index in [1.165, 1.54) is 0 Å². The molecule has 79 valence electrons. The molecule has 1 aromatic carbocycles. The Morgan fingerprint density at radius 2 is 2.07 bits per heavy atom. The molecule has 0 spiro atoms. The third-order valence-corrected chi connectivity index (χ3v) is 1.56. The number of aldehydes is 1. The Balaban J connectivity index is 0.00000169. The first-order chi connectivity index (χ1) is 6.27. The smallest absolute Gasteiger partial charge is 0.160 e. The monoisotopic (exact) mass is 239 g/mol. The zero-order chi connectivity index (χ0) is 9.68. The van der Waals surface area contributed by atoms with Gasteiger partial charge in [-0.1, -0.05) is 12.1 Å². The summed E-state index contributed by atoms with van der Waals surface area (Å²) in [5.74, 6) is 0.468. The summed E-state index contributed by atoms with van der Waals surface area (Å²) >= 11 is 0. The van der Waals surface area contributed by atoms with Gasteiger partial charge < -0.3 is 10.5 Å². The molecule has 0 aromatic heterocycles. The molecule has 0 fully saturated rings. The van der Waals surface area contributed by atoms with Crippen LogP contribution < -0.4 is 16.2 Å². The maximum atomic E-state index is 10.5. The normalized spacial score (nSPS) is 11.3. The van der Waals surface area contributed by atoms with Crippen molar-refractivity contribution in [3.63, 3.8) is 0 Å². The van der Waals surface area contributed by atoms with Gasteiger partial charge in [-0.2, -0.15) is 0 Å².